The van der Waals surface area contributed by atoms with Gasteiger partial charge in [0.25, 0.3) is 0 Å². The summed E-state index contributed by atoms with van der Waals surface area (Å²) in [4.78, 5) is 27.3. The lowest BCUT2D eigenvalue weighted by Gasteiger charge is -2.32. The number of carbonyl (C=O) groups excluding carboxylic acids is 1. The highest BCUT2D eigenvalue weighted by atomic mass is 79.9. The summed E-state index contributed by atoms with van der Waals surface area (Å²) in [5.74, 6) is 0.923. The summed E-state index contributed by atoms with van der Waals surface area (Å²) in [5, 5.41) is 10.8. The number of piperidine rings is 1. The smallest absolute Gasteiger partial charge is 0.321 e. The van der Waals surface area contributed by atoms with Crippen molar-refractivity contribution in [1.82, 2.24) is 24.5 Å². The predicted molar refractivity (Wildman–Crippen MR) is 138 cm³/mol. The largest absolute Gasteiger partial charge is 0.366 e. The summed E-state index contributed by atoms with van der Waals surface area (Å²) in [6.45, 7) is 9.02. The summed E-state index contributed by atoms with van der Waals surface area (Å²) >= 11 is 3.56. The number of halogens is 1. The third-order valence-corrected chi connectivity index (χ3v) is 6.56. The summed E-state index contributed by atoms with van der Waals surface area (Å²) in [7, 11) is 0. The number of amides is 2. The lowest BCUT2D eigenvalue weighted by atomic mass is 9.94. The van der Waals surface area contributed by atoms with Gasteiger partial charge in [0, 0.05) is 49.7 Å². The minimum absolute atomic E-state index is 0.0924. The summed E-state index contributed by atoms with van der Waals surface area (Å²) in [5.41, 5.74) is 3.83. The van der Waals surface area contributed by atoms with E-state index in [0.717, 1.165) is 40.0 Å². The van der Waals surface area contributed by atoms with E-state index in [0.29, 0.717) is 31.0 Å². The molecule has 1 saturated heterocycles. The lowest BCUT2D eigenvalue weighted by molar-refractivity contribution is 0.192. The maximum absolute atomic E-state index is 13.0. The molecule has 35 heavy (non-hydrogen) atoms. The SMILES string of the molecule is [C-]#[N+]c1cccc(NC(=O)N2CCCC(c3cc(NCc4cccnc4)n4ncc(Br)c4n3)C2)c1. The molecule has 2 amide bonds. The second-order valence-electron chi connectivity index (χ2n) is 8.39. The molecule has 0 bridgehead atoms. The molecule has 0 aliphatic carbocycles. The van der Waals surface area contributed by atoms with Crippen LogP contribution in [0.2, 0.25) is 0 Å². The number of urea groups is 1. The monoisotopic (exact) mass is 530 g/mol. The number of rotatable bonds is 5. The van der Waals surface area contributed by atoms with E-state index in [1.54, 1.807) is 41.2 Å². The van der Waals surface area contributed by atoms with Crippen LogP contribution in [0.5, 0.6) is 0 Å². The molecule has 1 aliphatic heterocycles. The van der Waals surface area contributed by atoms with Crippen molar-refractivity contribution in [2.24, 2.45) is 0 Å². The van der Waals surface area contributed by atoms with E-state index in [1.807, 2.05) is 29.3 Å². The first-order valence-corrected chi connectivity index (χ1v) is 12.1. The first-order valence-electron chi connectivity index (χ1n) is 11.3. The minimum atomic E-state index is -0.168. The zero-order chi connectivity index (χ0) is 24.2. The molecule has 4 aromatic rings. The van der Waals surface area contributed by atoms with Gasteiger partial charge in [-0.1, -0.05) is 18.2 Å². The number of anilines is 2. The molecule has 5 rings (SSSR count). The summed E-state index contributed by atoms with van der Waals surface area (Å²) in [6.07, 6.45) is 7.14. The van der Waals surface area contributed by atoms with Gasteiger partial charge in [0.05, 0.1) is 22.9 Å². The minimum Gasteiger partial charge on any atom is -0.366 e. The molecule has 4 heterocycles. The zero-order valence-corrected chi connectivity index (χ0v) is 20.4. The Kier molecular flexibility index (Phi) is 6.59. The third kappa shape index (κ3) is 5.10. The molecule has 0 saturated carbocycles. The molecule has 176 valence electrons. The summed E-state index contributed by atoms with van der Waals surface area (Å²) < 4.78 is 2.59. The zero-order valence-electron chi connectivity index (χ0n) is 18.9. The van der Waals surface area contributed by atoms with Crippen LogP contribution in [-0.4, -0.2) is 43.6 Å². The Morgan fingerprint density at radius 1 is 1.23 bits per heavy atom. The average molecular weight is 531 g/mol. The Labute approximate surface area is 211 Å². The molecule has 3 aromatic heterocycles. The summed E-state index contributed by atoms with van der Waals surface area (Å²) in [6, 6.07) is 12.7. The molecular formula is C25H23BrN8O. The van der Waals surface area contributed by atoms with Gasteiger partial charge in [0.2, 0.25) is 0 Å². The van der Waals surface area contributed by atoms with Gasteiger partial charge in [-0.15, -0.1) is 0 Å². The highest BCUT2D eigenvalue weighted by Crippen LogP contribution is 2.30. The Bertz CT molecular complexity index is 1400. The van der Waals surface area contributed by atoms with E-state index in [-0.39, 0.29) is 11.9 Å². The highest BCUT2D eigenvalue weighted by molar-refractivity contribution is 9.10. The van der Waals surface area contributed by atoms with Crippen molar-refractivity contribution in [3.8, 4) is 0 Å². The van der Waals surface area contributed by atoms with Gasteiger partial charge in [-0.05, 0) is 52.5 Å². The number of nitrogens with one attached hydrogen (secondary N) is 2. The molecule has 0 spiro atoms. The number of benzene rings is 1. The van der Waals surface area contributed by atoms with Crippen molar-refractivity contribution in [1.29, 1.82) is 0 Å². The van der Waals surface area contributed by atoms with E-state index >= 15 is 0 Å². The quantitative estimate of drug-likeness (QED) is 0.334. The first-order chi connectivity index (χ1) is 17.1. The van der Waals surface area contributed by atoms with E-state index in [9.17, 15) is 4.79 Å². The molecule has 1 aromatic carbocycles. The van der Waals surface area contributed by atoms with Crippen LogP contribution in [0.25, 0.3) is 10.5 Å². The van der Waals surface area contributed by atoms with Crippen LogP contribution >= 0.6 is 15.9 Å². The molecule has 1 atom stereocenters. The fourth-order valence-corrected chi connectivity index (χ4v) is 4.59. The number of hydrogen-bond donors (Lipinski definition) is 2. The van der Waals surface area contributed by atoms with Crippen molar-refractivity contribution >= 4 is 44.8 Å². The molecule has 2 N–H and O–H groups in total. The van der Waals surface area contributed by atoms with E-state index in [4.69, 9.17) is 11.6 Å². The van der Waals surface area contributed by atoms with Crippen LogP contribution < -0.4 is 10.6 Å². The highest BCUT2D eigenvalue weighted by Gasteiger charge is 2.27. The van der Waals surface area contributed by atoms with Crippen LogP contribution in [0.15, 0.2) is 65.5 Å². The fourth-order valence-electron chi connectivity index (χ4n) is 4.24. The number of hydrogen-bond acceptors (Lipinski definition) is 5. The van der Waals surface area contributed by atoms with E-state index < -0.39 is 0 Å². The van der Waals surface area contributed by atoms with Crippen molar-refractivity contribution < 1.29 is 4.79 Å². The third-order valence-electron chi connectivity index (χ3n) is 6.00. The molecule has 1 fully saturated rings. The second-order valence-corrected chi connectivity index (χ2v) is 9.24. The van der Waals surface area contributed by atoms with Crippen molar-refractivity contribution in [3.63, 3.8) is 0 Å². The maximum atomic E-state index is 13.0. The van der Waals surface area contributed by atoms with Crippen LogP contribution in [0, 0.1) is 6.57 Å². The van der Waals surface area contributed by atoms with Crippen LogP contribution in [0.1, 0.15) is 30.0 Å². The van der Waals surface area contributed by atoms with Gasteiger partial charge in [-0.2, -0.15) is 9.61 Å². The lowest BCUT2D eigenvalue weighted by Crippen LogP contribution is -2.41. The van der Waals surface area contributed by atoms with Crippen LogP contribution in [0.4, 0.5) is 22.0 Å². The number of likely N-dealkylation sites (tertiary alicyclic amines) is 1. The Morgan fingerprint density at radius 2 is 2.14 bits per heavy atom. The first kappa shape index (κ1) is 22.8. The van der Waals surface area contributed by atoms with Gasteiger partial charge in [-0.25, -0.2) is 14.6 Å². The van der Waals surface area contributed by atoms with Crippen molar-refractivity contribution in [2.45, 2.75) is 25.3 Å². The Morgan fingerprint density at radius 3 is 2.97 bits per heavy atom. The molecule has 9 nitrogen and oxygen atoms in total. The van der Waals surface area contributed by atoms with Gasteiger partial charge >= 0.3 is 6.03 Å². The molecular weight excluding hydrogens is 508 g/mol. The maximum Gasteiger partial charge on any atom is 0.321 e. The van der Waals surface area contributed by atoms with E-state index in [1.165, 1.54) is 0 Å². The van der Waals surface area contributed by atoms with Gasteiger partial charge in [0.15, 0.2) is 11.3 Å². The normalized spacial score (nSPS) is 15.5. The molecule has 10 heteroatoms. The van der Waals surface area contributed by atoms with Gasteiger partial charge in [0.1, 0.15) is 5.82 Å². The van der Waals surface area contributed by atoms with Crippen LogP contribution in [-0.2, 0) is 6.54 Å². The van der Waals surface area contributed by atoms with Crippen molar-refractivity contribution in [3.05, 3.63) is 88.2 Å². The Hall–Kier alpha value is -3.97. The predicted octanol–water partition coefficient (Wildman–Crippen LogP) is 5.46. The molecule has 0 radical (unpaired) electrons. The number of carbonyl (C=O) groups is 1. The number of fused-ring (bicyclic) bond motifs is 1. The number of aromatic nitrogens is 4. The topological polar surface area (TPSA) is 91.8 Å². The van der Waals surface area contributed by atoms with E-state index in [2.05, 4.69) is 41.5 Å². The number of nitrogens with zero attached hydrogens (tertiary/aromatic N) is 6. The van der Waals surface area contributed by atoms with Crippen LogP contribution in [0.3, 0.4) is 0 Å². The average Bonchev–Trinajstić information content (AvgIpc) is 3.28. The second kappa shape index (κ2) is 10.1. The molecule has 1 aliphatic rings. The Balaban J connectivity index is 1.35. The van der Waals surface area contributed by atoms with Crippen molar-refractivity contribution in [2.75, 3.05) is 23.7 Å². The standard InChI is InChI=1S/C25H23BrN8O/c1-27-19-7-2-8-20(11-19)31-25(35)33-10-4-6-18(16-33)22-12-23(29-14-17-5-3-9-28-13-17)34-24(32-22)21(26)15-30-34/h2-3,5,7-9,11-13,15,18,29H,4,6,10,14,16H2,(H,31,35). The fraction of sp³-hybridized carbons (Fsp3) is 0.240. The number of pyridine rings is 1. The molecule has 1 unspecified atom stereocenters. The van der Waals surface area contributed by atoms with Gasteiger partial charge in [-0.3, -0.25) is 4.98 Å². The van der Waals surface area contributed by atoms with Gasteiger partial charge < -0.3 is 15.5 Å².